The van der Waals surface area contributed by atoms with Gasteiger partial charge in [-0.1, -0.05) is 18.2 Å². The van der Waals surface area contributed by atoms with Crippen molar-refractivity contribution in [2.75, 3.05) is 25.2 Å². The summed E-state index contributed by atoms with van der Waals surface area (Å²) in [6.45, 7) is -0.435. The molecule has 1 aromatic rings. The van der Waals surface area contributed by atoms with Gasteiger partial charge in [-0.25, -0.2) is 0 Å². The fourth-order valence-corrected chi connectivity index (χ4v) is 4.52. The molecule has 1 amide bonds. The predicted octanol–water partition coefficient (Wildman–Crippen LogP) is 2.65. The fraction of sp³-hybridized carbons (Fsp3) is 0.389. The highest BCUT2D eigenvalue weighted by Gasteiger charge is 2.24. The number of amidine groups is 2. The summed E-state index contributed by atoms with van der Waals surface area (Å²) >= 11 is 3.34. The summed E-state index contributed by atoms with van der Waals surface area (Å²) in [5, 5.41) is 43.0. The topological polar surface area (TPSA) is 180 Å². The molecule has 0 radical (unpaired) electrons. The van der Waals surface area contributed by atoms with Gasteiger partial charge in [-0.2, -0.15) is 11.8 Å². The van der Waals surface area contributed by atoms with E-state index in [9.17, 15) is 9.90 Å². The molecule has 30 heavy (non-hydrogen) atoms. The number of para-hydroxylation sites is 1. The highest BCUT2D eigenvalue weighted by atomic mass is 32.2. The minimum atomic E-state index is -0.880. The lowest BCUT2D eigenvalue weighted by molar-refractivity contribution is -0.121. The molecule has 164 valence electrons. The van der Waals surface area contributed by atoms with Crippen LogP contribution in [0.15, 0.2) is 24.3 Å². The molecule has 0 aliphatic rings. The molecule has 0 fully saturated rings. The van der Waals surface area contributed by atoms with Crippen LogP contribution in [0.2, 0.25) is 0 Å². The van der Waals surface area contributed by atoms with E-state index in [0.29, 0.717) is 40.7 Å². The first-order chi connectivity index (χ1) is 14.3. The Labute approximate surface area is 188 Å². The Morgan fingerprint density at radius 2 is 1.73 bits per heavy atom. The van der Waals surface area contributed by atoms with E-state index in [1.54, 1.807) is 36.0 Å². The number of nitrogens with two attached hydrogens (primary N) is 1. The van der Waals surface area contributed by atoms with Gasteiger partial charge in [-0.05, 0) is 41.1 Å². The smallest absolute Gasteiger partial charge is 0.235 e. The van der Waals surface area contributed by atoms with Crippen LogP contribution in [0.5, 0.6) is 5.75 Å². The molecule has 8 N–H and O–H groups in total. The van der Waals surface area contributed by atoms with Crippen molar-refractivity contribution in [3.63, 3.8) is 0 Å². The third kappa shape index (κ3) is 9.65. The van der Waals surface area contributed by atoms with E-state index >= 15 is 0 Å². The molecule has 0 spiro atoms. The number of ether oxygens (including phenoxy) is 1. The van der Waals surface area contributed by atoms with E-state index < -0.39 is 18.4 Å². The second-order valence-corrected chi connectivity index (χ2v) is 9.29. The number of methoxy groups -OCH3 is 1. The zero-order chi connectivity index (χ0) is 22.5. The Kier molecular flexibility index (Phi) is 12.2. The molecule has 0 saturated carbocycles. The van der Waals surface area contributed by atoms with Crippen molar-refractivity contribution in [2.24, 2.45) is 5.73 Å². The van der Waals surface area contributed by atoms with Crippen LogP contribution < -0.4 is 15.8 Å². The van der Waals surface area contributed by atoms with Gasteiger partial charge in [-0.15, -0.1) is 0 Å². The highest BCUT2D eigenvalue weighted by Crippen LogP contribution is 2.26. The van der Waals surface area contributed by atoms with Crippen LogP contribution in [0.25, 0.3) is 0 Å². The first kappa shape index (κ1) is 26.0. The van der Waals surface area contributed by atoms with Gasteiger partial charge in [-0.3, -0.25) is 26.4 Å². The molecule has 0 aliphatic heterocycles. The van der Waals surface area contributed by atoms with Crippen LogP contribution in [0.1, 0.15) is 24.3 Å². The second-order valence-electron chi connectivity index (χ2n) is 5.82. The predicted molar refractivity (Wildman–Crippen MR) is 128 cm³/mol. The lowest BCUT2D eigenvalue weighted by Crippen LogP contribution is -2.34. The summed E-state index contributed by atoms with van der Waals surface area (Å²) in [4.78, 5) is 12.5. The lowest BCUT2D eigenvalue weighted by atomic mass is 9.98. The number of carbonyl (C=O) groups excluding carboxylic acids is 1. The zero-order valence-electron chi connectivity index (χ0n) is 16.5. The van der Waals surface area contributed by atoms with Crippen LogP contribution in [-0.4, -0.2) is 56.7 Å². The third-order valence-corrected chi connectivity index (χ3v) is 6.07. The summed E-state index contributed by atoms with van der Waals surface area (Å²) in [6.07, 6.45) is 0.934. The molecule has 0 aromatic heterocycles. The van der Waals surface area contributed by atoms with E-state index in [0.717, 1.165) is 23.5 Å². The average molecular weight is 471 g/mol. The minimum absolute atomic E-state index is 0.0992. The standard InChI is InChI=1S/C18H26N6O3S3/c1-27-13-5-3-2-4-11(13)12(10-25)16(26)24-18(23)30-15(20)7-9-28-8-6-14(19)29-17(21)22/h2-5,12,19-20,25H,6-10H2,1H3,(H3,21,22)(H2,23,24,26). The molecule has 0 saturated heterocycles. The van der Waals surface area contributed by atoms with Gasteiger partial charge >= 0.3 is 0 Å². The van der Waals surface area contributed by atoms with Crippen LogP contribution in [0.4, 0.5) is 0 Å². The lowest BCUT2D eigenvalue weighted by Gasteiger charge is -2.17. The first-order valence-electron chi connectivity index (χ1n) is 8.84. The van der Waals surface area contributed by atoms with Crippen molar-refractivity contribution in [3.05, 3.63) is 29.8 Å². The normalized spacial score (nSPS) is 11.4. The molecular weight excluding hydrogens is 444 g/mol. The van der Waals surface area contributed by atoms with Crippen LogP contribution >= 0.6 is 35.3 Å². The van der Waals surface area contributed by atoms with E-state index in [2.05, 4.69) is 5.32 Å². The number of aliphatic hydroxyl groups is 1. The molecule has 1 rings (SSSR count). The van der Waals surface area contributed by atoms with Gasteiger partial charge < -0.3 is 20.9 Å². The van der Waals surface area contributed by atoms with Crippen molar-refractivity contribution in [2.45, 2.75) is 18.8 Å². The van der Waals surface area contributed by atoms with Crippen molar-refractivity contribution in [1.82, 2.24) is 5.32 Å². The third-order valence-electron chi connectivity index (χ3n) is 3.66. The Morgan fingerprint density at radius 3 is 2.30 bits per heavy atom. The highest BCUT2D eigenvalue weighted by molar-refractivity contribution is 8.26. The minimum Gasteiger partial charge on any atom is -0.496 e. The summed E-state index contributed by atoms with van der Waals surface area (Å²) in [5.74, 6) is 0.386. The van der Waals surface area contributed by atoms with E-state index in [4.69, 9.17) is 32.1 Å². The number of rotatable bonds is 10. The second kappa shape index (κ2) is 14.1. The molecule has 1 unspecified atom stereocenters. The Hall–Kier alpha value is -2.02. The first-order valence-corrected chi connectivity index (χ1v) is 11.6. The average Bonchev–Trinajstić information content (AvgIpc) is 2.67. The fourth-order valence-electron chi connectivity index (χ4n) is 2.29. The van der Waals surface area contributed by atoms with Crippen LogP contribution in [-0.2, 0) is 4.79 Å². The number of aliphatic hydroxyl groups excluding tert-OH is 1. The molecule has 0 heterocycles. The summed E-state index contributed by atoms with van der Waals surface area (Å²) < 4.78 is 5.23. The van der Waals surface area contributed by atoms with Crippen molar-refractivity contribution < 1.29 is 14.6 Å². The number of carbonyl (C=O) groups is 1. The van der Waals surface area contributed by atoms with Gasteiger partial charge in [0.1, 0.15) is 5.75 Å². The molecule has 12 heteroatoms. The zero-order valence-corrected chi connectivity index (χ0v) is 18.9. The van der Waals surface area contributed by atoms with E-state index in [1.807, 2.05) is 0 Å². The van der Waals surface area contributed by atoms with Gasteiger partial charge in [0.2, 0.25) is 5.91 Å². The number of thioether (sulfide) groups is 3. The maximum absolute atomic E-state index is 12.5. The monoisotopic (exact) mass is 470 g/mol. The Morgan fingerprint density at radius 1 is 1.13 bits per heavy atom. The summed E-state index contributed by atoms with van der Waals surface area (Å²) in [6, 6.07) is 6.88. The summed E-state index contributed by atoms with van der Waals surface area (Å²) in [7, 11) is 1.48. The maximum Gasteiger partial charge on any atom is 0.235 e. The van der Waals surface area contributed by atoms with Gasteiger partial charge in [0, 0.05) is 18.4 Å². The van der Waals surface area contributed by atoms with Crippen molar-refractivity contribution in [3.8, 4) is 5.75 Å². The number of amides is 1. The molecule has 9 nitrogen and oxygen atoms in total. The van der Waals surface area contributed by atoms with Gasteiger partial charge in [0.05, 0.1) is 29.7 Å². The SMILES string of the molecule is COc1ccccc1C(CO)C(=O)NC(=N)SC(=N)CCSCCC(=N)SC(=N)N. The number of nitrogens with one attached hydrogen (secondary N) is 5. The molecule has 1 aromatic carbocycles. The molecule has 0 aliphatic carbocycles. The quantitative estimate of drug-likeness (QED) is 0.156. The molecular formula is C18H26N6O3S3. The van der Waals surface area contributed by atoms with Crippen LogP contribution in [0.3, 0.4) is 0 Å². The number of benzene rings is 1. The van der Waals surface area contributed by atoms with Crippen LogP contribution in [0, 0.1) is 21.6 Å². The summed E-state index contributed by atoms with van der Waals surface area (Å²) in [5.41, 5.74) is 5.74. The Bertz CT molecular complexity index is 790. The number of hydrogen-bond acceptors (Lipinski definition) is 10. The van der Waals surface area contributed by atoms with Crippen molar-refractivity contribution in [1.29, 1.82) is 21.6 Å². The molecule has 1 atom stereocenters. The van der Waals surface area contributed by atoms with E-state index in [-0.39, 0.29) is 15.4 Å². The van der Waals surface area contributed by atoms with Gasteiger partial charge in [0.25, 0.3) is 0 Å². The van der Waals surface area contributed by atoms with E-state index in [1.165, 1.54) is 7.11 Å². The van der Waals surface area contributed by atoms with Gasteiger partial charge in [0.15, 0.2) is 10.3 Å². The Balaban J connectivity index is 2.40. The van der Waals surface area contributed by atoms with Crippen molar-refractivity contribution >= 4 is 61.6 Å². The maximum atomic E-state index is 12.5. The largest absolute Gasteiger partial charge is 0.496 e. The molecule has 0 bridgehead atoms. The number of hydrogen-bond donors (Lipinski definition) is 7.